The van der Waals surface area contributed by atoms with Crippen molar-refractivity contribution in [2.75, 3.05) is 19.8 Å². The van der Waals surface area contributed by atoms with E-state index in [1.807, 2.05) is 20.8 Å². The Morgan fingerprint density at radius 1 is 1.06 bits per heavy atom. The van der Waals surface area contributed by atoms with E-state index in [-0.39, 0.29) is 0 Å². The fraction of sp³-hybridized carbons (Fsp3) is 0.692. The van der Waals surface area contributed by atoms with E-state index in [1.165, 1.54) is 5.57 Å². The number of ether oxygens (including phenoxy) is 3. The highest BCUT2D eigenvalue weighted by Crippen LogP contribution is 2.28. The van der Waals surface area contributed by atoms with Crippen molar-refractivity contribution in [3.63, 3.8) is 0 Å². The summed E-state index contributed by atoms with van der Waals surface area (Å²) < 4.78 is 17.0. The molecular formula is C13H22O3. The summed E-state index contributed by atoms with van der Waals surface area (Å²) in [4.78, 5) is 0. The molecule has 16 heavy (non-hydrogen) atoms. The summed E-state index contributed by atoms with van der Waals surface area (Å²) in [6.07, 6.45) is 7.93. The van der Waals surface area contributed by atoms with Gasteiger partial charge in [0, 0.05) is 19.8 Å². The molecule has 92 valence electrons. The van der Waals surface area contributed by atoms with Crippen molar-refractivity contribution in [2.45, 2.75) is 39.6 Å². The highest BCUT2D eigenvalue weighted by molar-refractivity contribution is 5.23. The van der Waals surface area contributed by atoms with Crippen molar-refractivity contribution in [1.29, 1.82) is 0 Å². The molecular weight excluding hydrogens is 204 g/mol. The van der Waals surface area contributed by atoms with Gasteiger partial charge < -0.3 is 14.2 Å². The lowest BCUT2D eigenvalue weighted by Crippen LogP contribution is -2.39. The Labute approximate surface area is 98.1 Å². The van der Waals surface area contributed by atoms with E-state index in [2.05, 4.69) is 18.2 Å². The van der Waals surface area contributed by atoms with Crippen molar-refractivity contribution in [3.05, 3.63) is 23.8 Å². The summed E-state index contributed by atoms with van der Waals surface area (Å²) in [5, 5.41) is 0. The van der Waals surface area contributed by atoms with Gasteiger partial charge in [0.2, 0.25) is 0 Å². The third-order valence-corrected chi connectivity index (χ3v) is 2.38. The van der Waals surface area contributed by atoms with Crippen LogP contribution in [-0.2, 0) is 14.2 Å². The Kier molecular flexibility index (Phi) is 5.74. The molecule has 0 aromatic carbocycles. The minimum absolute atomic E-state index is 0.584. The van der Waals surface area contributed by atoms with Gasteiger partial charge in [-0.15, -0.1) is 0 Å². The molecule has 3 heteroatoms. The highest BCUT2D eigenvalue weighted by atomic mass is 16.9. The standard InChI is InChI=1S/C13H22O3/c1-4-14-13(15-5-2,16-6-3)11-12-9-7-8-10-12/h7-9H,4-6,10-11H2,1-3H3. The molecule has 0 saturated heterocycles. The van der Waals surface area contributed by atoms with E-state index >= 15 is 0 Å². The van der Waals surface area contributed by atoms with E-state index in [0.29, 0.717) is 26.2 Å². The van der Waals surface area contributed by atoms with Crippen LogP contribution < -0.4 is 0 Å². The molecule has 0 fully saturated rings. The zero-order chi connectivity index (χ0) is 11.9. The first-order chi connectivity index (χ1) is 7.76. The molecule has 0 spiro atoms. The molecule has 0 saturated carbocycles. The van der Waals surface area contributed by atoms with Gasteiger partial charge >= 0.3 is 0 Å². The molecule has 0 bridgehead atoms. The lowest BCUT2D eigenvalue weighted by atomic mass is 10.1. The number of hydrogen-bond acceptors (Lipinski definition) is 3. The minimum atomic E-state index is -0.893. The lowest BCUT2D eigenvalue weighted by Gasteiger charge is -2.32. The summed E-state index contributed by atoms with van der Waals surface area (Å²) in [6.45, 7) is 7.61. The van der Waals surface area contributed by atoms with Gasteiger partial charge in [0.05, 0.1) is 6.42 Å². The Morgan fingerprint density at radius 3 is 2.00 bits per heavy atom. The van der Waals surface area contributed by atoms with Crippen LogP contribution in [0.3, 0.4) is 0 Å². The van der Waals surface area contributed by atoms with Crippen molar-refractivity contribution in [2.24, 2.45) is 0 Å². The molecule has 0 aliphatic heterocycles. The minimum Gasteiger partial charge on any atom is -0.328 e. The third-order valence-electron chi connectivity index (χ3n) is 2.38. The number of hydrogen-bond donors (Lipinski definition) is 0. The smallest absolute Gasteiger partial charge is 0.286 e. The quantitative estimate of drug-likeness (QED) is 0.595. The maximum atomic E-state index is 5.66. The first kappa shape index (κ1) is 13.4. The summed E-state index contributed by atoms with van der Waals surface area (Å²) >= 11 is 0. The topological polar surface area (TPSA) is 27.7 Å². The monoisotopic (exact) mass is 226 g/mol. The molecule has 3 nitrogen and oxygen atoms in total. The SMILES string of the molecule is CCOC(CC1=CC=CC1)(OCC)OCC. The van der Waals surface area contributed by atoms with E-state index in [0.717, 1.165) is 6.42 Å². The van der Waals surface area contributed by atoms with Crippen molar-refractivity contribution >= 4 is 0 Å². The first-order valence-corrected chi connectivity index (χ1v) is 6.02. The first-order valence-electron chi connectivity index (χ1n) is 6.02. The summed E-state index contributed by atoms with van der Waals surface area (Å²) in [6, 6.07) is 0. The molecule has 1 aliphatic rings. The molecule has 0 N–H and O–H groups in total. The van der Waals surface area contributed by atoms with Gasteiger partial charge in [-0.1, -0.05) is 23.8 Å². The van der Waals surface area contributed by atoms with Crippen molar-refractivity contribution < 1.29 is 14.2 Å². The molecule has 0 radical (unpaired) electrons. The normalized spacial score (nSPS) is 15.6. The van der Waals surface area contributed by atoms with Crippen LogP contribution in [0.5, 0.6) is 0 Å². The maximum Gasteiger partial charge on any atom is 0.286 e. The third kappa shape index (κ3) is 3.74. The second-order valence-corrected chi connectivity index (χ2v) is 3.62. The van der Waals surface area contributed by atoms with E-state index in [1.54, 1.807) is 0 Å². The van der Waals surface area contributed by atoms with Gasteiger partial charge in [-0.25, -0.2) is 0 Å². The number of rotatable bonds is 8. The van der Waals surface area contributed by atoms with Crippen LogP contribution in [0, 0.1) is 0 Å². The van der Waals surface area contributed by atoms with Crippen LogP contribution in [0.15, 0.2) is 23.8 Å². The van der Waals surface area contributed by atoms with Crippen LogP contribution >= 0.6 is 0 Å². The van der Waals surface area contributed by atoms with Gasteiger partial charge in [-0.3, -0.25) is 0 Å². The fourth-order valence-electron chi connectivity index (χ4n) is 1.84. The second kappa shape index (κ2) is 6.84. The Morgan fingerprint density at radius 2 is 1.62 bits per heavy atom. The summed E-state index contributed by atoms with van der Waals surface area (Å²) in [7, 11) is 0. The van der Waals surface area contributed by atoms with Crippen molar-refractivity contribution in [1.82, 2.24) is 0 Å². The molecule has 0 aromatic heterocycles. The van der Waals surface area contributed by atoms with Gasteiger partial charge in [-0.2, -0.15) is 0 Å². The van der Waals surface area contributed by atoms with Gasteiger partial charge in [0.1, 0.15) is 0 Å². The zero-order valence-corrected chi connectivity index (χ0v) is 10.5. The molecule has 0 heterocycles. The van der Waals surface area contributed by atoms with Crippen LogP contribution in [0.25, 0.3) is 0 Å². The van der Waals surface area contributed by atoms with Gasteiger partial charge in [0.15, 0.2) is 0 Å². The molecule has 0 aromatic rings. The highest BCUT2D eigenvalue weighted by Gasteiger charge is 2.33. The molecule has 0 atom stereocenters. The van der Waals surface area contributed by atoms with Crippen LogP contribution in [0.1, 0.15) is 33.6 Å². The largest absolute Gasteiger partial charge is 0.328 e. The summed E-state index contributed by atoms with van der Waals surface area (Å²) in [5.41, 5.74) is 1.29. The Balaban J connectivity index is 2.65. The number of allylic oxidation sites excluding steroid dienone is 3. The van der Waals surface area contributed by atoms with E-state index in [9.17, 15) is 0 Å². The van der Waals surface area contributed by atoms with Gasteiger partial charge in [-0.05, 0) is 27.2 Å². The summed E-state index contributed by atoms with van der Waals surface area (Å²) in [5.74, 6) is -0.893. The fourth-order valence-corrected chi connectivity index (χ4v) is 1.84. The lowest BCUT2D eigenvalue weighted by molar-refractivity contribution is -0.375. The average molecular weight is 226 g/mol. The molecule has 0 unspecified atom stereocenters. The van der Waals surface area contributed by atoms with E-state index in [4.69, 9.17) is 14.2 Å². The van der Waals surface area contributed by atoms with Gasteiger partial charge in [0.25, 0.3) is 5.97 Å². The average Bonchev–Trinajstić information content (AvgIpc) is 2.71. The second-order valence-electron chi connectivity index (χ2n) is 3.62. The predicted octanol–water partition coefficient (Wildman–Crippen LogP) is 3.03. The van der Waals surface area contributed by atoms with Crippen LogP contribution in [0.4, 0.5) is 0 Å². The maximum absolute atomic E-state index is 5.66. The van der Waals surface area contributed by atoms with E-state index < -0.39 is 5.97 Å². The molecule has 0 amide bonds. The Hall–Kier alpha value is -0.640. The Bertz CT molecular complexity index is 239. The van der Waals surface area contributed by atoms with Crippen LogP contribution in [0.2, 0.25) is 0 Å². The molecule has 1 rings (SSSR count). The predicted molar refractivity (Wildman–Crippen MR) is 64.1 cm³/mol. The van der Waals surface area contributed by atoms with Crippen molar-refractivity contribution in [3.8, 4) is 0 Å². The molecule has 1 aliphatic carbocycles. The van der Waals surface area contributed by atoms with Crippen LogP contribution in [-0.4, -0.2) is 25.8 Å². The zero-order valence-electron chi connectivity index (χ0n) is 10.5.